The summed E-state index contributed by atoms with van der Waals surface area (Å²) in [4.78, 5) is 11.4. The van der Waals surface area contributed by atoms with E-state index >= 15 is 0 Å². The van der Waals surface area contributed by atoms with Crippen molar-refractivity contribution in [1.29, 1.82) is 5.26 Å². The predicted molar refractivity (Wildman–Crippen MR) is 73.7 cm³/mol. The second kappa shape index (κ2) is 7.19. The summed E-state index contributed by atoms with van der Waals surface area (Å²) in [6.07, 6.45) is 3.16. The maximum Gasteiger partial charge on any atom is 0.308 e. The highest BCUT2D eigenvalue weighted by molar-refractivity contribution is 5.72. The van der Waals surface area contributed by atoms with E-state index in [1.54, 1.807) is 6.07 Å². The van der Waals surface area contributed by atoms with Gasteiger partial charge in [0, 0.05) is 0 Å². The number of nitriles is 1. The molecule has 0 heterocycles. The van der Waals surface area contributed by atoms with E-state index in [9.17, 15) is 9.18 Å². The molecule has 0 atom stereocenters. The van der Waals surface area contributed by atoms with Gasteiger partial charge in [-0.2, -0.15) is 5.26 Å². The van der Waals surface area contributed by atoms with Crippen LogP contribution in [0.15, 0.2) is 18.2 Å². The van der Waals surface area contributed by atoms with Crippen LogP contribution >= 0.6 is 0 Å². The molecule has 0 aromatic heterocycles. The molecule has 1 aromatic carbocycles. The number of nitrogens with zero attached hydrogens (tertiary/aromatic N) is 1. The standard InChI is InChI=1S/C16H18FNO3/c1-20-16(19)13-2-4-15(5-3-13)21-10-12-6-11(9-18)7-14(17)8-12/h6-8,13,15H,2-5,10H2,1H3. The molecule has 0 N–H and O–H groups in total. The van der Waals surface area contributed by atoms with Crippen molar-refractivity contribution in [2.24, 2.45) is 5.92 Å². The first-order chi connectivity index (χ1) is 10.1. The third-order valence-electron chi connectivity index (χ3n) is 3.78. The SMILES string of the molecule is COC(=O)C1CCC(OCc2cc(F)cc(C#N)c2)CC1. The highest BCUT2D eigenvalue weighted by atomic mass is 19.1. The van der Waals surface area contributed by atoms with Gasteiger partial charge in [0.1, 0.15) is 5.82 Å². The molecule has 1 aromatic rings. The van der Waals surface area contributed by atoms with E-state index in [0.29, 0.717) is 11.1 Å². The second-order valence-corrected chi connectivity index (χ2v) is 5.27. The molecule has 0 bridgehead atoms. The average Bonchev–Trinajstić information content (AvgIpc) is 2.52. The summed E-state index contributed by atoms with van der Waals surface area (Å²) in [5.41, 5.74) is 0.949. The monoisotopic (exact) mass is 291 g/mol. The fourth-order valence-corrected chi connectivity index (χ4v) is 2.64. The highest BCUT2D eigenvalue weighted by Gasteiger charge is 2.27. The molecule has 0 radical (unpaired) electrons. The Hall–Kier alpha value is -1.93. The van der Waals surface area contributed by atoms with E-state index in [-0.39, 0.29) is 24.6 Å². The summed E-state index contributed by atoms with van der Waals surface area (Å²) in [7, 11) is 1.40. The number of esters is 1. The third kappa shape index (κ3) is 4.27. The smallest absolute Gasteiger partial charge is 0.308 e. The maximum atomic E-state index is 13.3. The van der Waals surface area contributed by atoms with Crippen molar-refractivity contribution in [1.82, 2.24) is 0 Å². The van der Waals surface area contributed by atoms with Gasteiger partial charge in [0.15, 0.2) is 0 Å². The molecule has 1 aliphatic carbocycles. The zero-order valence-corrected chi connectivity index (χ0v) is 12.0. The van der Waals surface area contributed by atoms with Crippen LogP contribution in [0.5, 0.6) is 0 Å². The van der Waals surface area contributed by atoms with E-state index in [4.69, 9.17) is 14.7 Å². The van der Waals surface area contributed by atoms with E-state index in [2.05, 4.69) is 0 Å². The lowest BCUT2D eigenvalue weighted by atomic mass is 9.87. The van der Waals surface area contributed by atoms with Gasteiger partial charge in [0.2, 0.25) is 0 Å². The third-order valence-corrected chi connectivity index (χ3v) is 3.78. The van der Waals surface area contributed by atoms with Crippen LogP contribution in [0.2, 0.25) is 0 Å². The topological polar surface area (TPSA) is 59.3 Å². The number of carbonyl (C=O) groups excluding carboxylic acids is 1. The molecule has 1 aliphatic rings. The first-order valence-corrected chi connectivity index (χ1v) is 7.01. The molecule has 1 saturated carbocycles. The largest absolute Gasteiger partial charge is 0.469 e. The van der Waals surface area contributed by atoms with Crippen molar-refractivity contribution >= 4 is 5.97 Å². The number of hydrogen-bond donors (Lipinski definition) is 0. The lowest BCUT2D eigenvalue weighted by molar-refractivity contribution is -0.147. The lowest BCUT2D eigenvalue weighted by Gasteiger charge is -2.27. The van der Waals surface area contributed by atoms with Gasteiger partial charge in [0.25, 0.3) is 0 Å². The van der Waals surface area contributed by atoms with Crippen molar-refractivity contribution in [3.63, 3.8) is 0 Å². The molecule has 2 rings (SSSR count). The first kappa shape index (κ1) is 15.5. The molecule has 4 nitrogen and oxygen atoms in total. The minimum Gasteiger partial charge on any atom is -0.469 e. The summed E-state index contributed by atoms with van der Waals surface area (Å²) in [5.74, 6) is -0.617. The Morgan fingerprint density at radius 3 is 2.67 bits per heavy atom. The molecule has 21 heavy (non-hydrogen) atoms. The van der Waals surface area contributed by atoms with E-state index in [1.165, 1.54) is 19.2 Å². The Balaban J connectivity index is 1.84. The molecule has 0 aliphatic heterocycles. The predicted octanol–water partition coefficient (Wildman–Crippen LogP) is 2.95. The molecule has 5 heteroatoms. The van der Waals surface area contributed by atoms with Crippen molar-refractivity contribution in [2.45, 2.75) is 38.4 Å². The second-order valence-electron chi connectivity index (χ2n) is 5.27. The van der Waals surface area contributed by atoms with Gasteiger partial charge in [-0.1, -0.05) is 0 Å². The van der Waals surface area contributed by atoms with Crippen LogP contribution in [0.3, 0.4) is 0 Å². The summed E-state index contributed by atoms with van der Waals surface area (Å²) in [5, 5.41) is 8.81. The Morgan fingerprint density at radius 2 is 2.05 bits per heavy atom. The highest BCUT2D eigenvalue weighted by Crippen LogP contribution is 2.27. The van der Waals surface area contributed by atoms with Crippen LogP contribution in [-0.4, -0.2) is 19.2 Å². The summed E-state index contributed by atoms with van der Waals surface area (Å²) >= 11 is 0. The van der Waals surface area contributed by atoms with Crippen LogP contribution in [0.25, 0.3) is 0 Å². The first-order valence-electron chi connectivity index (χ1n) is 7.01. The molecule has 0 spiro atoms. The van der Waals surface area contributed by atoms with Gasteiger partial charge in [-0.15, -0.1) is 0 Å². The average molecular weight is 291 g/mol. The van der Waals surface area contributed by atoms with Gasteiger partial charge in [0.05, 0.1) is 37.4 Å². The molecule has 0 amide bonds. The van der Waals surface area contributed by atoms with Crippen LogP contribution in [-0.2, 0) is 20.9 Å². The Bertz CT molecular complexity index is 545. The normalized spacial score (nSPS) is 21.6. The van der Waals surface area contributed by atoms with E-state index in [1.807, 2.05) is 6.07 Å². The number of halogens is 1. The van der Waals surface area contributed by atoms with Crippen LogP contribution < -0.4 is 0 Å². The maximum absolute atomic E-state index is 13.3. The molecular formula is C16H18FNO3. The fraction of sp³-hybridized carbons (Fsp3) is 0.500. The number of hydrogen-bond acceptors (Lipinski definition) is 4. The van der Waals surface area contributed by atoms with Crippen molar-refractivity contribution in [3.05, 3.63) is 35.1 Å². The summed E-state index contributed by atoms with van der Waals surface area (Å²) in [6.45, 7) is 0.278. The van der Waals surface area contributed by atoms with Crippen LogP contribution in [0.1, 0.15) is 36.8 Å². The van der Waals surface area contributed by atoms with Crippen molar-refractivity contribution in [2.75, 3.05) is 7.11 Å². The number of benzene rings is 1. The quantitative estimate of drug-likeness (QED) is 0.800. The summed E-state index contributed by atoms with van der Waals surface area (Å²) < 4.78 is 23.8. The van der Waals surface area contributed by atoms with Crippen molar-refractivity contribution < 1.29 is 18.7 Å². The zero-order valence-electron chi connectivity index (χ0n) is 12.0. The fourth-order valence-electron chi connectivity index (χ4n) is 2.64. The van der Waals surface area contributed by atoms with E-state index < -0.39 is 5.82 Å². The number of rotatable bonds is 4. The zero-order chi connectivity index (χ0) is 15.2. The van der Waals surface area contributed by atoms with Crippen molar-refractivity contribution in [3.8, 4) is 6.07 Å². The minimum atomic E-state index is -0.429. The summed E-state index contributed by atoms with van der Waals surface area (Å²) in [6, 6.07) is 6.13. The Labute approximate surface area is 123 Å². The molecule has 0 unspecified atom stereocenters. The van der Waals surface area contributed by atoms with Crippen LogP contribution in [0, 0.1) is 23.1 Å². The Kier molecular flexibility index (Phi) is 5.29. The number of ether oxygens (including phenoxy) is 2. The van der Waals surface area contributed by atoms with Gasteiger partial charge in [-0.05, 0) is 49.4 Å². The lowest BCUT2D eigenvalue weighted by Crippen LogP contribution is -2.26. The van der Waals surface area contributed by atoms with Gasteiger partial charge >= 0.3 is 5.97 Å². The molecule has 1 fully saturated rings. The van der Waals surface area contributed by atoms with Gasteiger partial charge in [-0.25, -0.2) is 4.39 Å². The minimum absolute atomic E-state index is 0.0331. The number of methoxy groups -OCH3 is 1. The van der Waals surface area contributed by atoms with E-state index in [0.717, 1.165) is 25.7 Å². The van der Waals surface area contributed by atoms with Gasteiger partial charge in [-0.3, -0.25) is 4.79 Å². The molecule has 112 valence electrons. The van der Waals surface area contributed by atoms with Crippen LogP contribution in [0.4, 0.5) is 4.39 Å². The number of carbonyl (C=O) groups is 1. The van der Waals surface area contributed by atoms with Gasteiger partial charge < -0.3 is 9.47 Å². The molecule has 0 saturated heterocycles. The molecular weight excluding hydrogens is 273 g/mol. The Morgan fingerprint density at radius 1 is 1.33 bits per heavy atom.